The zero-order chi connectivity index (χ0) is 12.6. The lowest BCUT2D eigenvalue weighted by Gasteiger charge is -2.36. The predicted octanol–water partition coefficient (Wildman–Crippen LogP) is 1.53. The van der Waals surface area contributed by atoms with Gasteiger partial charge in [0.05, 0.1) is 0 Å². The summed E-state index contributed by atoms with van der Waals surface area (Å²) >= 11 is 0. The van der Waals surface area contributed by atoms with Crippen molar-refractivity contribution in [3.63, 3.8) is 0 Å². The van der Waals surface area contributed by atoms with Gasteiger partial charge in [0, 0.05) is 18.6 Å². The van der Waals surface area contributed by atoms with Gasteiger partial charge in [0.2, 0.25) is 0 Å². The standard InChI is InChI=1S/C12H20N2O3/c1-12(2)6-4-8-14(12)11(17)13-7-3-5-9(13)10(15)16/h9H,3-8H2,1-2H3,(H,15,16). The zero-order valence-corrected chi connectivity index (χ0v) is 10.5. The molecule has 1 atom stereocenters. The van der Waals surface area contributed by atoms with Crippen LogP contribution in [0.1, 0.15) is 39.5 Å². The minimum atomic E-state index is -0.882. The zero-order valence-electron chi connectivity index (χ0n) is 10.5. The Balaban J connectivity index is 2.12. The summed E-state index contributed by atoms with van der Waals surface area (Å²) in [5.41, 5.74) is -0.136. The Kier molecular flexibility index (Phi) is 3.02. The van der Waals surface area contributed by atoms with E-state index in [0.717, 1.165) is 25.8 Å². The van der Waals surface area contributed by atoms with E-state index in [9.17, 15) is 9.59 Å². The highest BCUT2D eigenvalue weighted by atomic mass is 16.4. The molecule has 2 aliphatic heterocycles. The molecule has 2 fully saturated rings. The Labute approximate surface area is 101 Å². The SMILES string of the molecule is CC1(C)CCCN1C(=O)N1CCCC1C(=O)O. The predicted molar refractivity (Wildman–Crippen MR) is 62.8 cm³/mol. The maximum atomic E-state index is 12.4. The first-order valence-corrected chi connectivity index (χ1v) is 6.24. The normalized spacial score (nSPS) is 27.5. The molecular weight excluding hydrogens is 220 g/mol. The maximum absolute atomic E-state index is 12.4. The van der Waals surface area contributed by atoms with Gasteiger partial charge in [0.1, 0.15) is 6.04 Å². The molecule has 1 N–H and O–H groups in total. The summed E-state index contributed by atoms with van der Waals surface area (Å²) in [4.78, 5) is 26.8. The molecule has 0 radical (unpaired) electrons. The van der Waals surface area contributed by atoms with E-state index in [4.69, 9.17) is 5.11 Å². The number of carbonyl (C=O) groups is 2. The smallest absolute Gasteiger partial charge is 0.326 e. The highest BCUT2D eigenvalue weighted by Gasteiger charge is 2.42. The average Bonchev–Trinajstić information content (AvgIpc) is 2.82. The van der Waals surface area contributed by atoms with Crippen LogP contribution < -0.4 is 0 Å². The number of amides is 2. The van der Waals surface area contributed by atoms with Gasteiger partial charge in [-0.2, -0.15) is 0 Å². The van der Waals surface area contributed by atoms with Crippen molar-refractivity contribution in [2.24, 2.45) is 0 Å². The second-order valence-corrected chi connectivity index (χ2v) is 5.54. The van der Waals surface area contributed by atoms with E-state index in [1.807, 2.05) is 18.7 Å². The van der Waals surface area contributed by atoms with Crippen molar-refractivity contribution in [3.8, 4) is 0 Å². The largest absolute Gasteiger partial charge is 0.480 e. The third kappa shape index (κ3) is 2.10. The number of carboxylic acids is 1. The summed E-state index contributed by atoms with van der Waals surface area (Å²) < 4.78 is 0. The first kappa shape index (κ1) is 12.2. The summed E-state index contributed by atoms with van der Waals surface area (Å²) in [5.74, 6) is -0.882. The van der Waals surface area contributed by atoms with Crippen LogP contribution in [-0.4, -0.2) is 51.6 Å². The maximum Gasteiger partial charge on any atom is 0.326 e. The number of rotatable bonds is 1. The highest BCUT2D eigenvalue weighted by molar-refractivity contribution is 5.83. The third-order valence-corrected chi connectivity index (χ3v) is 3.92. The number of carboxylic acid groups (broad SMARTS) is 1. The molecule has 5 nitrogen and oxygen atoms in total. The van der Waals surface area contributed by atoms with Crippen LogP contribution in [-0.2, 0) is 4.79 Å². The van der Waals surface area contributed by atoms with Crippen molar-refractivity contribution in [1.82, 2.24) is 9.80 Å². The van der Waals surface area contributed by atoms with Crippen LogP contribution in [0.2, 0.25) is 0 Å². The molecular formula is C12H20N2O3. The molecule has 2 aliphatic rings. The minimum Gasteiger partial charge on any atom is -0.480 e. The van der Waals surface area contributed by atoms with Gasteiger partial charge in [-0.1, -0.05) is 0 Å². The molecule has 0 bridgehead atoms. The molecule has 0 spiro atoms. The van der Waals surface area contributed by atoms with Gasteiger partial charge in [-0.15, -0.1) is 0 Å². The second-order valence-electron chi connectivity index (χ2n) is 5.54. The van der Waals surface area contributed by atoms with Gasteiger partial charge in [0.15, 0.2) is 0 Å². The Bertz CT molecular complexity index is 341. The molecule has 0 aliphatic carbocycles. The third-order valence-electron chi connectivity index (χ3n) is 3.92. The lowest BCUT2D eigenvalue weighted by atomic mass is 10.0. The van der Waals surface area contributed by atoms with Crippen LogP contribution in [0.15, 0.2) is 0 Å². The van der Waals surface area contributed by atoms with Crippen molar-refractivity contribution < 1.29 is 14.7 Å². The van der Waals surface area contributed by atoms with Gasteiger partial charge in [-0.05, 0) is 39.5 Å². The van der Waals surface area contributed by atoms with E-state index in [2.05, 4.69) is 0 Å². The van der Waals surface area contributed by atoms with Gasteiger partial charge >= 0.3 is 12.0 Å². The molecule has 96 valence electrons. The Morgan fingerprint density at radius 1 is 1.24 bits per heavy atom. The van der Waals surface area contributed by atoms with Crippen LogP contribution in [0.3, 0.4) is 0 Å². The molecule has 0 aromatic rings. The lowest BCUT2D eigenvalue weighted by Crippen LogP contribution is -2.52. The number of urea groups is 1. The molecule has 2 saturated heterocycles. The van der Waals surface area contributed by atoms with E-state index in [0.29, 0.717) is 13.0 Å². The molecule has 2 rings (SSSR count). The first-order valence-electron chi connectivity index (χ1n) is 6.24. The van der Waals surface area contributed by atoms with Crippen LogP contribution >= 0.6 is 0 Å². The van der Waals surface area contributed by atoms with Crippen LogP contribution in [0.25, 0.3) is 0 Å². The molecule has 2 heterocycles. The van der Waals surface area contributed by atoms with E-state index in [1.54, 1.807) is 0 Å². The quantitative estimate of drug-likeness (QED) is 0.756. The van der Waals surface area contributed by atoms with E-state index in [-0.39, 0.29) is 11.6 Å². The van der Waals surface area contributed by atoms with Crippen LogP contribution in [0.5, 0.6) is 0 Å². The van der Waals surface area contributed by atoms with Gasteiger partial charge < -0.3 is 14.9 Å². The Morgan fingerprint density at radius 3 is 2.47 bits per heavy atom. The summed E-state index contributed by atoms with van der Waals surface area (Å²) in [6.07, 6.45) is 3.36. The first-order chi connectivity index (χ1) is 7.93. The monoisotopic (exact) mass is 240 g/mol. The van der Waals surface area contributed by atoms with E-state index < -0.39 is 12.0 Å². The number of nitrogens with zero attached hydrogens (tertiary/aromatic N) is 2. The van der Waals surface area contributed by atoms with Crippen molar-refractivity contribution in [1.29, 1.82) is 0 Å². The molecule has 1 unspecified atom stereocenters. The van der Waals surface area contributed by atoms with Crippen molar-refractivity contribution >= 4 is 12.0 Å². The number of hydrogen-bond acceptors (Lipinski definition) is 2. The van der Waals surface area contributed by atoms with E-state index in [1.165, 1.54) is 4.90 Å². The topological polar surface area (TPSA) is 60.9 Å². The molecule has 0 aromatic heterocycles. The lowest BCUT2D eigenvalue weighted by molar-refractivity contribution is -0.141. The molecule has 17 heavy (non-hydrogen) atoms. The number of likely N-dealkylation sites (tertiary alicyclic amines) is 2. The van der Waals surface area contributed by atoms with Crippen molar-refractivity contribution in [2.45, 2.75) is 51.1 Å². The minimum absolute atomic E-state index is 0.0996. The fraction of sp³-hybridized carbons (Fsp3) is 0.833. The second kappa shape index (κ2) is 4.20. The van der Waals surface area contributed by atoms with Gasteiger partial charge in [0.25, 0.3) is 0 Å². The fourth-order valence-corrected chi connectivity index (χ4v) is 2.87. The number of hydrogen-bond donors (Lipinski definition) is 1. The Morgan fingerprint density at radius 2 is 1.94 bits per heavy atom. The summed E-state index contributed by atoms with van der Waals surface area (Å²) in [7, 11) is 0. The molecule has 0 saturated carbocycles. The van der Waals surface area contributed by atoms with Gasteiger partial charge in [-0.25, -0.2) is 9.59 Å². The average molecular weight is 240 g/mol. The molecule has 0 aromatic carbocycles. The fourth-order valence-electron chi connectivity index (χ4n) is 2.87. The van der Waals surface area contributed by atoms with Crippen molar-refractivity contribution in [3.05, 3.63) is 0 Å². The number of carbonyl (C=O) groups excluding carboxylic acids is 1. The summed E-state index contributed by atoms with van der Waals surface area (Å²) in [5, 5.41) is 9.09. The molecule has 2 amide bonds. The number of aliphatic carboxylic acids is 1. The van der Waals surface area contributed by atoms with Crippen LogP contribution in [0, 0.1) is 0 Å². The van der Waals surface area contributed by atoms with Gasteiger partial charge in [-0.3, -0.25) is 0 Å². The van der Waals surface area contributed by atoms with Crippen LogP contribution in [0.4, 0.5) is 4.79 Å². The summed E-state index contributed by atoms with van der Waals surface area (Å²) in [6, 6.07) is -0.726. The van der Waals surface area contributed by atoms with E-state index >= 15 is 0 Å². The molecule has 5 heteroatoms. The highest BCUT2D eigenvalue weighted by Crippen LogP contribution is 2.31. The summed E-state index contributed by atoms with van der Waals surface area (Å²) in [6.45, 7) is 5.41. The Hall–Kier alpha value is -1.26. The van der Waals surface area contributed by atoms with Crippen molar-refractivity contribution in [2.75, 3.05) is 13.1 Å².